The highest BCUT2D eigenvalue weighted by molar-refractivity contribution is 5.69. The van der Waals surface area contributed by atoms with Crippen molar-refractivity contribution in [2.45, 2.75) is 51.6 Å². The van der Waals surface area contributed by atoms with Gasteiger partial charge in [-0.25, -0.2) is 9.80 Å². The Kier molecular flexibility index (Phi) is 3.96. The average molecular weight is 308 g/mol. The summed E-state index contributed by atoms with van der Waals surface area (Å²) in [5, 5.41) is 1.06. The first kappa shape index (κ1) is 16.1. The van der Waals surface area contributed by atoms with Gasteiger partial charge >= 0.3 is 12.3 Å². The predicted molar refractivity (Wildman–Crippen MR) is 67.8 cm³/mol. The molecular formula is C13H19F3N2O3. The average Bonchev–Trinajstić information content (AvgIpc) is 2.96. The first-order valence-corrected chi connectivity index (χ1v) is 6.68. The van der Waals surface area contributed by atoms with Crippen LogP contribution in [0.25, 0.3) is 0 Å². The van der Waals surface area contributed by atoms with Crippen LogP contribution in [0.4, 0.5) is 18.0 Å². The van der Waals surface area contributed by atoms with E-state index in [1.54, 1.807) is 20.8 Å². The van der Waals surface area contributed by atoms with Gasteiger partial charge in [-0.05, 0) is 39.7 Å². The summed E-state index contributed by atoms with van der Waals surface area (Å²) < 4.78 is 48.6. The lowest BCUT2D eigenvalue weighted by molar-refractivity contribution is -0.205. The summed E-state index contributed by atoms with van der Waals surface area (Å²) >= 11 is 0. The molecule has 1 atom stereocenters. The van der Waals surface area contributed by atoms with Crippen LogP contribution < -0.4 is 5.43 Å². The summed E-state index contributed by atoms with van der Waals surface area (Å²) in [5.74, 6) is 0. The first-order valence-electron chi connectivity index (χ1n) is 6.68. The quantitative estimate of drug-likeness (QED) is 0.871. The van der Waals surface area contributed by atoms with Gasteiger partial charge in [-0.3, -0.25) is 0 Å². The van der Waals surface area contributed by atoms with Crippen LogP contribution in [0, 0.1) is 5.41 Å². The fourth-order valence-corrected chi connectivity index (χ4v) is 1.81. The van der Waals surface area contributed by atoms with Crippen LogP contribution >= 0.6 is 0 Å². The number of hydrogen-bond acceptors (Lipinski definition) is 4. The van der Waals surface area contributed by atoms with Gasteiger partial charge in [0.1, 0.15) is 11.8 Å². The zero-order valence-corrected chi connectivity index (χ0v) is 12.2. The van der Waals surface area contributed by atoms with Gasteiger partial charge < -0.3 is 9.47 Å². The minimum Gasteiger partial charge on any atom is -0.442 e. The lowest BCUT2D eigenvalue weighted by atomic mass is 10.1. The van der Waals surface area contributed by atoms with Crippen molar-refractivity contribution < 1.29 is 27.4 Å². The molecule has 120 valence electrons. The summed E-state index contributed by atoms with van der Waals surface area (Å²) in [4.78, 5) is 11.7. The number of carbonyl (C=O) groups excluding carboxylic acids is 1. The second-order valence-electron chi connectivity index (χ2n) is 6.33. The number of amides is 1. The highest BCUT2D eigenvalue weighted by Crippen LogP contribution is 2.57. The fraction of sp³-hybridized carbons (Fsp3) is 0.769. The van der Waals surface area contributed by atoms with E-state index in [1.807, 2.05) is 0 Å². The molecule has 0 aromatic carbocycles. The third-order valence-corrected chi connectivity index (χ3v) is 3.26. The third-order valence-electron chi connectivity index (χ3n) is 3.26. The fourth-order valence-electron chi connectivity index (χ4n) is 1.81. The molecule has 1 amide bonds. The number of hydrogen-bond donors (Lipinski definition) is 1. The zero-order valence-electron chi connectivity index (χ0n) is 12.2. The number of hydrazine groups is 1. The Hall–Kier alpha value is -1.28. The SMILES string of the molecule is CC(C)(C)OC(=O)N1C=CC(OCC2(C(F)(F)F)CC2)N1. The van der Waals surface area contributed by atoms with Crippen LogP contribution in [0.3, 0.4) is 0 Å². The van der Waals surface area contributed by atoms with Crippen LogP contribution in [0.15, 0.2) is 12.3 Å². The van der Waals surface area contributed by atoms with E-state index in [0.717, 1.165) is 5.01 Å². The lowest BCUT2D eigenvalue weighted by Gasteiger charge is -2.25. The summed E-state index contributed by atoms with van der Waals surface area (Å²) in [5.41, 5.74) is 0.250. The molecule has 2 aliphatic rings. The number of alkyl halides is 3. The third kappa shape index (κ3) is 3.88. The van der Waals surface area contributed by atoms with E-state index in [1.165, 1.54) is 12.3 Å². The molecule has 1 aliphatic carbocycles. The lowest BCUT2D eigenvalue weighted by Crippen LogP contribution is -2.44. The van der Waals surface area contributed by atoms with Crippen LogP contribution in [-0.4, -0.2) is 35.7 Å². The maximum atomic E-state index is 12.8. The van der Waals surface area contributed by atoms with E-state index < -0.39 is 36.1 Å². The molecule has 0 radical (unpaired) electrons. The van der Waals surface area contributed by atoms with Crippen molar-refractivity contribution in [1.82, 2.24) is 10.4 Å². The number of halogens is 3. The number of nitrogens with one attached hydrogen (secondary N) is 1. The van der Waals surface area contributed by atoms with E-state index in [9.17, 15) is 18.0 Å². The molecule has 2 rings (SSSR count). The Morgan fingerprint density at radius 3 is 2.48 bits per heavy atom. The zero-order chi connectivity index (χ0) is 15.9. The van der Waals surface area contributed by atoms with Crippen LogP contribution in [0.5, 0.6) is 0 Å². The largest absolute Gasteiger partial charge is 0.442 e. The summed E-state index contributed by atoms with van der Waals surface area (Å²) in [6.07, 6.45) is -2.63. The van der Waals surface area contributed by atoms with Crippen LogP contribution in [0.1, 0.15) is 33.6 Å². The minimum atomic E-state index is -4.25. The number of nitrogens with zero attached hydrogens (tertiary/aromatic N) is 1. The second kappa shape index (κ2) is 5.17. The summed E-state index contributed by atoms with van der Waals surface area (Å²) in [6, 6.07) is 0. The molecule has 8 heteroatoms. The molecule has 0 bridgehead atoms. The van der Waals surface area contributed by atoms with Crippen molar-refractivity contribution in [2.75, 3.05) is 6.61 Å². The summed E-state index contributed by atoms with van der Waals surface area (Å²) in [6.45, 7) is 4.75. The van der Waals surface area contributed by atoms with E-state index >= 15 is 0 Å². The first-order chi connectivity index (χ1) is 9.52. The maximum Gasteiger partial charge on any atom is 0.429 e. The highest BCUT2D eigenvalue weighted by atomic mass is 19.4. The normalized spacial score (nSPS) is 24.3. The van der Waals surface area contributed by atoms with Gasteiger partial charge in [-0.15, -0.1) is 0 Å². The Labute approximate surface area is 121 Å². The van der Waals surface area contributed by atoms with Crippen molar-refractivity contribution in [1.29, 1.82) is 0 Å². The van der Waals surface area contributed by atoms with Gasteiger partial charge in [0, 0.05) is 6.20 Å². The van der Waals surface area contributed by atoms with E-state index in [2.05, 4.69) is 5.43 Å². The monoisotopic (exact) mass is 308 g/mol. The van der Waals surface area contributed by atoms with Gasteiger partial charge in [-0.1, -0.05) is 0 Å². The molecule has 1 N–H and O–H groups in total. The molecule has 1 fully saturated rings. The van der Waals surface area contributed by atoms with E-state index in [4.69, 9.17) is 9.47 Å². The molecule has 1 unspecified atom stereocenters. The Balaban J connectivity index is 1.79. The summed E-state index contributed by atoms with van der Waals surface area (Å²) in [7, 11) is 0. The van der Waals surface area contributed by atoms with Gasteiger partial charge in [0.2, 0.25) is 0 Å². The van der Waals surface area contributed by atoms with Gasteiger partial charge in [0.15, 0.2) is 0 Å². The molecule has 0 aromatic rings. The molecule has 0 saturated heterocycles. The topological polar surface area (TPSA) is 50.8 Å². The van der Waals surface area contributed by atoms with Crippen molar-refractivity contribution >= 4 is 6.09 Å². The molecular weight excluding hydrogens is 289 g/mol. The Morgan fingerprint density at radius 2 is 2.00 bits per heavy atom. The van der Waals surface area contributed by atoms with Crippen molar-refractivity contribution in [3.8, 4) is 0 Å². The van der Waals surface area contributed by atoms with Gasteiger partial charge in [-0.2, -0.15) is 18.6 Å². The van der Waals surface area contributed by atoms with Crippen LogP contribution in [0.2, 0.25) is 0 Å². The van der Waals surface area contributed by atoms with Crippen LogP contribution in [-0.2, 0) is 9.47 Å². The van der Waals surface area contributed by atoms with E-state index in [0.29, 0.717) is 0 Å². The number of carbonyl (C=O) groups is 1. The molecule has 1 heterocycles. The standard InChI is InChI=1S/C13H19F3N2O3/c1-11(2,3)21-10(19)18-7-4-9(17-18)20-8-12(5-6-12)13(14,15)16/h4,7,9,17H,5-6,8H2,1-3H3. The number of rotatable bonds is 3. The molecule has 1 saturated carbocycles. The molecule has 0 spiro atoms. The predicted octanol–water partition coefficient (Wildman–Crippen LogP) is 2.94. The molecule has 0 aromatic heterocycles. The molecule has 21 heavy (non-hydrogen) atoms. The Morgan fingerprint density at radius 1 is 1.38 bits per heavy atom. The number of ether oxygens (including phenoxy) is 2. The van der Waals surface area contributed by atoms with Crippen molar-refractivity contribution in [3.63, 3.8) is 0 Å². The van der Waals surface area contributed by atoms with Crippen molar-refractivity contribution in [3.05, 3.63) is 12.3 Å². The van der Waals surface area contributed by atoms with Gasteiger partial charge in [0.05, 0.1) is 12.0 Å². The van der Waals surface area contributed by atoms with E-state index in [-0.39, 0.29) is 12.8 Å². The molecule has 1 aliphatic heterocycles. The maximum absolute atomic E-state index is 12.8. The second-order valence-corrected chi connectivity index (χ2v) is 6.33. The Bertz CT molecular complexity index is 439. The highest BCUT2D eigenvalue weighted by Gasteiger charge is 2.63. The van der Waals surface area contributed by atoms with Crippen molar-refractivity contribution in [2.24, 2.45) is 5.41 Å². The smallest absolute Gasteiger partial charge is 0.429 e. The minimum absolute atomic E-state index is 0.0860. The van der Waals surface area contributed by atoms with Gasteiger partial charge in [0.25, 0.3) is 0 Å². The molecule has 5 nitrogen and oxygen atoms in total.